The lowest BCUT2D eigenvalue weighted by Gasteiger charge is -2.05. The number of benzene rings is 2. The Morgan fingerprint density at radius 2 is 1.86 bits per heavy atom. The third-order valence-electron chi connectivity index (χ3n) is 3.41. The molecule has 0 unspecified atom stereocenters. The molecule has 2 aromatic heterocycles. The second kappa shape index (κ2) is 4.49. The second-order valence-electron chi connectivity index (χ2n) is 4.74. The van der Waals surface area contributed by atoms with E-state index in [1.54, 1.807) is 17.4 Å². The monoisotopic (exact) mass is 295 g/mol. The average molecular weight is 295 g/mol. The van der Waals surface area contributed by atoms with Crippen LogP contribution < -0.4 is 5.73 Å². The van der Waals surface area contributed by atoms with Crippen LogP contribution in [0.2, 0.25) is 0 Å². The first-order valence-corrected chi connectivity index (χ1v) is 7.30. The van der Waals surface area contributed by atoms with Gasteiger partial charge in [-0.15, -0.1) is 11.3 Å². The molecule has 2 aromatic carbocycles. The summed E-state index contributed by atoms with van der Waals surface area (Å²) < 4.78 is 14.6. The van der Waals surface area contributed by atoms with Crippen LogP contribution in [0.3, 0.4) is 0 Å². The van der Waals surface area contributed by atoms with Crippen LogP contribution in [0.4, 0.5) is 10.2 Å². The molecule has 2 heterocycles. The van der Waals surface area contributed by atoms with E-state index in [-0.39, 0.29) is 5.82 Å². The van der Waals surface area contributed by atoms with Crippen LogP contribution in [-0.2, 0) is 0 Å². The van der Waals surface area contributed by atoms with Gasteiger partial charge in [0.05, 0.1) is 5.52 Å². The zero-order chi connectivity index (χ0) is 14.4. The molecule has 3 nitrogen and oxygen atoms in total. The van der Waals surface area contributed by atoms with Gasteiger partial charge in [0.1, 0.15) is 11.6 Å². The zero-order valence-electron chi connectivity index (χ0n) is 10.9. The lowest BCUT2D eigenvalue weighted by atomic mass is 10.1. The summed E-state index contributed by atoms with van der Waals surface area (Å²) in [6.45, 7) is 0. The number of halogens is 1. The minimum absolute atomic E-state index is 0.332. The number of aromatic nitrogens is 2. The summed E-state index contributed by atoms with van der Waals surface area (Å²) in [6.07, 6.45) is 0. The van der Waals surface area contributed by atoms with Gasteiger partial charge < -0.3 is 5.73 Å². The summed E-state index contributed by atoms with van der Waals surface area (Å²) >= 11 is 1.63. The first kappa shape index (κ1) is 12.2. The summed E-state index contributed by atoms with van der Waals surface area (Å²) in [5, 5.41) is 3.75. The van der Waals surface area contributed by atoms with E-state index in [4.69, 9.17) is 5.73 Å². The fourth-order valence-electron chi connectivity index (χ4n) is 2.40. The van der Waals surface area contributed by atoms with Crippen molar-refractivity contribution in [3.63, 3.8) is 0 Å². The van der Waals surface area contributed by atoms with Gasteiger partial charge in [-0.3, -0.25) is 0 Å². The maximum absolute atomic E-state index is 13.4. The molecule has 0 saturated carbocycles. The topological polar surface area (TPSA) is 51.8 Å². The minimum Gasteiger partial charge on any atom is -0.383 e. The molecule has 0 aliphatic carbocycles. The van der Waals surface area contributed by atoms with Gasteiger partial charge >= 0.3 is 0 Å². The highest BCUT2D eigenvalue weighted by Gasteiger charge is 2.12. The fraction of sp³-hybridized carbons (Fsp3) is 0. The molecule has 2 N–H and O–H groups in total. The molecule has 4 rings (SSSR count). The molecule has 5 heteroatoms. The Bertz CT molecular complexity index is 978. The fourth-order valence-corrected chi connectivity index (χ4v) is 3.34. The van der Waals surface area contributed by atoms with Crippen LogP contribution in [0.1, 0.15) is 0 Å². The van der Waals surface area contributed by atoms with Crippen molar-refractivity contribution in [1.82, 2.24) is 9.97 Å². The number of nitrogens with two attached hydrogens (primary N) is 1. The number of anilines is 1. The number of rotatable bonds is 1. The molecule has 0 fully saturated rings. The van der Waals surface area contributed by atoms with Crippen LogP contribution in [-0.4, -0.2) is 9.97 Å². The van der Waals surface area contributed by atoms with Crippen LogP contribution in [0.15, 0.2) is 47.8 Å². The Kier molecular flexibility index (Phi) is 2.62. The number of nitrogen functional groups attached to an aromatic ring is 1. The van der Waals surface area contributed by atoms with Gasteiger partial charge in [-0.2, -0.15) is 0 Å². The van der Waals surface area contributed by atoms with E-state index in [9.17, 15) is 4.39 Å². The van der Waals surface area contributed by atoms with Crippen molar-refractivity contribution >= 4 is 38.1 Å². The molecule has 21 heavy (non-hydrogen) atoms. The number of hydrogen-bond acceptors (Lipinski definition) is 4. The van der Waals surface area contributed by atoms with E-state index in [0.717, 1.165) is 15.6 Å². The third kappa shape index (κ3) is 1.94. The van der Waals surface area contributed by atoms with Gasteiger partial charge in [0.25, 0.3) is 0 Å². The summed E-state index contributed by atoms with van der Waals surface area (Å²) in [7, 11) is 0. The van der Waals surface area contributed by atoms with E-state index in [2.05, 4.69) is 9.97 Å². The van der Waals surface area contributed by atoms with Gasteiger partial charge in [-0.25, -0.2) is 14.4 Å². The first-order valence-electron chi connectivity index (χ1n) is 6.42. The molecular formula is C16H10FN3S. The molecule has 0 radical (unpaired) electrons. The van der Waals surface area contributed by atoms with Gasteiger partial charge in [0.2, 0.25) is 0 Å². The predicted octanol–water partition coefficient (Wildman–Crippen LogP) is 4.23. The van der Waals surface area contributed by atoms with Crippen LogP contribution >= 0.6 is 11.3 Å². The summed E-state index contributed by atoms with van der Waals surface area (Å²) in [4.78, 5) is 8.84. The number of nitrogens with zero attached hydrogens (tertiary/aromatic N) is 2. The Labute approximate surface area is 123 Å². The largest absolute Gasteiger partial charge is 0.383 e. The Balaban J connectivity index is 2.02. The standard InChI is InChI=1S/C16H10FN3S/c17-9-5-6-11-13(7-9)19-16(20-15(11)18)12-8-21-14-4-2-1-3-10(12)14/h1-8H,(H2,18,19,20). The average Bonchev–Trinajstić information content (AvgIpc) is 2.90. The summed E-state index contributed by atoms with van der Waals surface area (Å²) in [6, 6.07) is 12.4. The van der Waals surface area contributed by atoms with E-state index >= 15 is 0 Å². The van der Waals surface area contributed by atoms with Crippen molar-refractivity contribution in [1.29, 1.82) is 0 Å². The Morgan fingerprint density at radius 3 is 2.76 bits per heavy atom. The second-order valence-corrected chi connectivity index (χ2v) is 5.65. The van der Waals surface area contributed by atoms with Crippen molar-refractivity contribution in [2.75, 3.05) is 5.73 Å². The molecule has 0 amide bonds. The van der Waals surface area contributed by atoms with Gasteiger partial charge in [-0.05, 0) is 18.2 Å². The van der Waals surface area contributed by atoms with Crippen molar-refractivity contribution < 1.29 is 4.39 Å². The molecule has 0 atom stereocenters. The molecule has 0 spiro atoms. The van der Waals surface area contributed by atoms with Crippen LogP contribution in [0.5, 0.6) is 0 Å². The highest BCUT2D eigenvalue weighted by Crippen LogP contribution is 2.33. The minimum atomic E-state index is -0.332. The lowest BCUT2D eigenvalue weighted by molar-refractivity contribution is 0.629. The van der Waals surface area contributed by atoms with Crippen molar-refractivity contribution in [2.24, 2.45) is 0 Å². The first-order chi connectivity index (χ1) is 10.2. The van der Waals surface area contributed by atoms with Crippen molar-refractivity contribution in [2.45, 2.75) is 0 Å². The maximum Gasteiger partial charge on any atom is 0.163 e. The van der Waals surface area contributed by atoms with E-state index < -0.39 is 0 Å². The quantitative estimate of drug-likeness (QED) is 0.571. The summed E-state index contributed by atoms with van der Waals surface area (Å²) in [5.41, 5.74) is 7.43. The van der Waals surface area contributed by atoms with Crippen molar-refractivity contribution in [3.8, 4) is 11.4 Å². The molecule has 0 aliphatic rings. The van der Waals surface area contributed by atoms with E-state index in [1.807, 2.05) is 29.6 Å². The van der Waals surface area contributed by atoms with Gasteiger partial charge in [0, 0.05) is 32.5 Å². The van der Waals surface area contributed by atoms with Gasteiger partial charge in [-0.1, -0.05) is 18.2 Å². The molecule has 0 aliphatic heterocycles. The van der Waals surface area contributed by atoms with Crippen molar-refractivity contribution in [3.05, 3.63) is 53.7 Å². The maximum atomic E-state index is 13.4. The van der Waals surface area contributed by atoms with Crippen LogP contribution in [0, 0.1) is 5.82 Å². The van der Waals surface area contributed by atoms with E-state index in [1.165, 1.54) is 12.1 Å². The summed E-state index contributed by atoms with van der Waals surface area (Å²) in [5.74, 6) is 0.565. The lowest BCUT2D eigenvalue weighted by Crippen LogP contribution is -1.97. The number of hydrogen-bond donors (Lipinski definition) is 1. The normalized spacial score (nSPS) is 11.3. The number of fused-ring (bicyclic) bond motifs is 2. The molecule has 0 bridgehead atoms. The Morgan fingerprint density at radius 1 is 1.00 bits per heavy atom. The third-order valence-corrected chi connectivity index (χ3v) is 4.37. The molecule has 0 saturated heterocycles. The Hall–Kier alpha value is -2.53. The highest BCUT2D eigenvalue weighted by atomic mass is 32.1. The van der Waals surface area contributed by atoms with E-state index in [0.29, 0.717) is 22.5 Å². The zero-order valence-corrected chi connectivity index (χ0v) is 11.7. The predicted molar refractivity (Wildman–Crippen MR) is 84.7 cm³/mol. The van der Waals surface area contributed by atoms with Gasteiger partial charge in [0.15, 0.2) is 5.82 Å². The van der Waals surface area contributed by atoms with Crippen LogP contribution in [0.25, 0.3) is 32.4 Å². The number of thiophene rings is 1. The smallest absolute Gasteiger partial charge is 0.163 e. The molecular weight excluding hydrogens is 285 g/mol. The highest BCUT2D eigenvalue weighted by molar-refractivity contribution is 7.17. The molecule has 4 aromatic rings. The molecule has 102 valence electrons. The SMILES string of the molecule is Nc1nc(-c2csc3ccccc23)nc2cc(F)ccc12.